The molecule has 0 saturated carbocycles. The molecule has 5 nitrogen and oxygen atoms in total. The van der Waals surface area contributed by atoms with Crippen molar-refractivity contribution in [1.29, 1.82) is 0 Å². The first-order valence-electron chi connectivity index (χ1n) is 6.61. The van der Waals surface area contributed by atoms with Gasteiger partial charge in [0.25, 0.3) is 0 Å². The van der Waals surface area contributed by atoms with E-state index in [9.17, 15) is 4.79 Å². The predicted molar refractivity (Wildman–Crippen MR) is 89.5 cm³/mol. The summed E-state index contributed by atoms with van der Waals surface area (Å²) in [7, 11) is 3.09. The summed E-state index contributed by atoms with van der Waals surface area (Å²) in [6.45, 7) is 0. The summed E-state index contributed by atoms with van der Waals surface area (Å²) in [5, 5.41) is 0. The number of methoxy groups -OCH3 is 2. The molecular formula is C16H12ClNO4S. The van der Waals surface area contributed by atoms with Gasteiger partial charge in [-0.05, 0) is 36.4 Å². The molecule has 0 N–H and O–H groups in total. The summed E-state index contributed by atoms with van der Waals surface area (Å²) in [5.74, 6) is 0.848. The molecule has 7 heteroatoms. The van der Waals surface area contributed by atoms with Crippen LogP contribution in [0.1, 0.15) is 10.4 Å². The average molecular weight is 350 g/mol. The van der Waals surface area contributed by atoms with Crippen molar-refractivity contribution in [3.05, 3.63) is 50.8 Å². The molecular weight excluding hydrogens is 338 g/mol. The predicted octanol–water partition coefficient (Wildman–Crippen LogP) is 3.76. The summed E-state index contributed by atoms with van der Waals surface area (Å²) < 4.78 is 16.3. The summed E-state index contributed by atoms with van der Waals surface area (Å²) in [6.07, 6.45) is 1.65. The Morgan fingerprint density at radius 2 is 1.96 bits per heavy atom. The Bertz CT molecular complexity index is 825. The van der Waals surface area contributed by atoms with Crippen molar-refractivity contribution >= 4 is 40.9 Å². The number of thiophene rings is 1. The lowest BCUT2D eigenvalue weighted by Crippen LogP contribution is -2.05. The fourth-order valence-corrected chi connectivity index (χ4v) is 3.04. The van der Waals surface area contributed by atoms with Crippen LogP contribution in [-0.4, -0.2) is 26.1 Å². The average Bonchev–Trinajstić information content (AvgIpc) is 3.13. The van der Waals surface area contributed by atoms with Crippen molar-refractivity contribution in [1.82, 2.24) is 0 Å². The lowest BCUT2D eigenvalue weighted by molar-refractivity contribution is -0.129. The second-order valence-electron chi connectivity index (χ2n) is 4.55. The minimum atomic E-state index is -0.501. The molecule has 0 atom stereocenters. The number of rotatable bonds is 4. The van der Waals surface area contributed by atoms with Crippen molar-refractivity contribution in [2.24, 2.45) is 4.99 Å². The molecule has 0 bridgehead atoms. The lowest BCUT2D eigenvalue weighted by Gasteiger charge is -2.08. The second-order valence-corrected chi connectivity index (χ2v) is 6.29. The third-order valence-corrected chi connectivity index (χ3v) is 4.30. The third-order valence-electron chi connectivity index (χ3n) is 3.12. The molecule has 23 heavy (non-hydrogen) atoms. The van der Waals surface area contributed by atoms with Crippen molar-refractivity contribution in [3.8, 4) is 11.5 Å². The molecule has 0 fully saturated rings. The molecule has 1 aliphatic rings. The highest BCUT2D eigenvalue weighted by Crippen LogP contribution is 2.30. The Hall–Kier alpha value is -2.31. The normalized spacial score (nSPS) is 15.5. The Labute approximate surface area is 141 Å². The number of hydrogen-bond donors (Lipinski definition) is 0. The van der Waals surface area contributed by atoms with E-state index < -0.39 is 5.97 Å². The molecule has 0 aliphatic carbocycles. The highest BCUT2D eigenvalue weighted by atomic mass is 35.5. The number of hydrogen-bond acceptors (Lipinski definition) is 6. The van der Waals surface area contributed by atoms with Crippen LogP contribution in [0.3, 0.4) is 0 Å². The van der Waals surface area contributed by atoms with Crippen LogP contribution in [-0.2, 0) is 9.53 Å². The van der Waals surface area contributed by atoms with Gasteiger partial charge < -0.3 is 14.2 Å². The van der Waals surface area contributed by atoms with Crippen molar-refractivity contribution in [3.63, 3.8) is 0 Å². The number of halogens is 1. The molecule has 0 saturated heterocycles. The molecule has 2 aromatic rings. The van der Waals surface area contributed by atoms with Crippen LogP contribution in [0.5, 0.6) is 11.5 Å². The zero-order valence-electron chi connectivity index (χ0n) is 12.3. The van der Waals surface area contributed by atoms with Crippen LogP contribution in [0, 0.1) is 0 Å². The summed E-state index contributed by atoms with van der Waals surface area (Å²) >= 11 is 7.24. The van der Waals surface area contributed by atoms with Crippen LogP contribution < -0.4 is 9.47 Å². The molecule has 0 spiro atoms. The molecule has 1 aromatic heterocycles. The maximum absolute atomic E-state index is 12.0. The van der Waals surface area contributed by atoms with E-state index in [0.717, 1.165) is 4.88 Å². The molecule has 2 heterocycles. The van der Waals surface area contributed by atoms with Gasteiger partial charge >= 0.3 is 5.97 Å². The Balaban J connectivity index is 1.93. The zero-order valence-corrected chi connectivity index (χ0v) is 13.9. The second kappa shape index (κ2) is 6.44. The molecule has 3 rings (SSSR count). The van der Waals surface area contributed by atoms with Crippen LogP contribution in [0.25, 0.3) is 6.08 Å². The molecule has 0 unspecified atom stereocenters. The van der Waals surface area contributed by atoms with E-state index in [4.69, 9.17) is 25.8 Å². The molecule has 0 amide bonds. The van der Waals surface area contributed by atoms with Gasteiger partial charge in [0, 0.05) is 10.4 Å². The quantitative estimate of drug-likeness (QED) is 0.623. The summed E-state index contributed by atoms with van der Waals surface area (Å²) in [6, 6.07) is 8.76. The maximum atomic E-state index is 12.0. The number of esters is 1. The van der Waals surface area contributed by atoms with Gasteiger partial charge in [-0.15, -0.1) is 11.3 Å². The van der Waals surface area contributed by atoms with Crippen molar-refractivity contribution in [2.45, 2.75) is 0 Å². The molecule has 1 aliphatic heterocycles. The van der Waals surface area contributed by atoms with Gasteiger partial charge in [-0.1, -0.05) is 11.6 Å². The van der Waals surface area contributed by atoms with Crippen LogP contribution >= 0.6 is 22.9 Å². The first-order chi connectivity index (χ1) is 11.1. The van der Waals surface area contributed by atoms with Gasteiger partial charge in [-0.2, -0.15) is 0 Å². The number of aliphatic imine (C=N–C) groups is 1. The van der Waals surface area contributed by atoms with Crippen molar-refractivity contribution in [2.75, 3.05) is 14.2 Å². The number of carbonyl (C=O) groups is 1. The third kappa shape index (κ3) is 3.23. The smallest absolute Gasteiger partial charge is 0.363 e. The highest BCUT2D eigenvalue weighted by Gasteiger charge is 2.25. The minimum Gasteiger partial charge on any atom is -0.493 e. The van der Waals surface area contributed by atoms with Crippen LogP contribution in [0.2, 0.25) is 4.34 Å². The van der Waals surface area contributed by atoms with Crippen LogP contribution in [0.15, 0.2) is 41.0 Å². The Morgan fingerprint density at radius 3 is 2.61 bits per heavy atom. The Kier molecular flexibility index (Phi) is 4.36. The molecule has 0 radical (unpaired) electrons. The standard InChI is InChI=1S/C16H12ClNO4S/c1-20-12-5-3-9(7-13(12)21-2)15-18-11(16(19)22-15)8-10-4-6-14(17)23-10/h3-8H,1-2H3/b11-8+. The maximum Gasteiger partial charge on any atom is 0.363 e. The Morgan fingerprint density at radius 1 is 1.17 bits per heavy atom. The number of carbonyl (C=O) groups excluding carboxylic acids is 1. The zero-order chi connectivity index (χ0) is 16.4. The number of nitrogens with zero attached hydrogens (tertiary/aromatic N) is 1. The van der Waals surface area contributed by atoms with Gasteiger partial charge in [0.15, 0.2) is 17.2 Å². The SMILES string of the molecule is COc1ccc(C2=N/C(=C/c3ccc(Cl)s3)C(=O)O2)cc1OC. The number of benzene rings is 1. The highest BCUT2D eigenvalue weighted by molar-refractivity contribution is 7.17. The van der Waals surface area contributed by atoms with Gasteiger partial charge in [-0.3, -0.25) is 0 Å². The first-order valence-corrected chi connectivity index (χ1v) is 7.80. The van der Waals surface area contributed by atoms with Gasteiger partial charge in [0.2, 0.25) is 5.90 Å². The lowest BCUT2D eigenvalue weighted by atomic mass is 10.2. The summed E-state index contributed by atoms with van der Waals surface area (Å²) in [5.41, 5.74) is 0.858. The van der Waals surface area contributed by atoms with E-state index in [-0.39, 0.29) is 11.6 Å². The fourth-order valence-electron chi connectivity index (χ4n) is 2.04. The van der Waals surface area contributed by atoms with E-state index in [1.165, 1.54) is 18.4 Å². The molecule has 1 aromatic carbocycles. The molecule has 118 valence electrons. The van der Waals surface area contributed by atoms with E-state index in [1.807, 2.05) is 6.07 Å². The number of cyclic esters (lactones) is 1. The largest absolute Gasteiger partial charge is 0.493 e. The van der Waals surface area contributed by atoms with Gasteiger partial charge in [0.1, 0.15) is 0 Å². The fraction of sp³-hybridized carbons (Fsp3) is 0.125. The van der Waals surface area contributed by atoms with E-state index >= 15 is 0 Å². The van der Waals surface area contributed by atoms with Crippen LogP contribution in [0.4, 0.5) is 0 Å². The first kappa shape index (κ1) is 15.6. The van der Waals surface area contributed by atoms with E-state index in [2.05, 4.69) is 4.99 Å². The minimum absolute atomic E-state index is 0.227. The monoisotopic (exact) mass is 349 g/mol. The van der Waals surface area contributed by atoms with Crippen molar-refractivity contribution < 1.29 is 19.0 Å². The van der Waals surface area contributed by atoms with Gasteiger partial charge in [0.05, 0.1) is 18.6 Å². The summed E-state index contributed by atoms with van der Waals surface area (Å²) in [4.78, 5) is 17.0. The topological polar surface area (TPSA) is 57.1 Å². The van der Waals surface area contributed by atoms with Gasteiger partial charge in [-0.25, -0.2) is 9.79 Å². The van der Waals surface area contributed by atoms with E-state index in [1.54, 1.807) is 37.5 Å². The van der Waals surface area contributed by atoms with E-state index in [0.29, 0.717) is 21.4 Å². The number of ether oxygens (including phenoxy) is 3.